The van der Waals surface area contributed by atoms with Crippen LogP contribution in [0.1, 0.15) is 29.6 Å². The first-order valence-corrected chi connectivity index (χ1v) is 7.25. The Morgan fingerprint density at radius 3 is 3.00 bits per heavy atom. The van der Waals surface area contributed by atoms with Gasteiger partial charge < -0.3 is 20.1 Å². The third-order valence-electron chi connectivity index (χ3n) is 3.75. The largest absolute Gasteiger partial charge is 0.486 e. The number of fused-ring (bicyclic) bond motifs is 1. The Labute approximate surface area is 130 Å². The molecule has 0 radical (unpaired) electrons. The van der Waals surface area contributed by atoms with Crippen LogP contribution in [-0.4, -0.2) is 38.3 Å². The molecule has 2 aliphatic heterocycles. The minimum atomic E-state index is -0.0923. The molecular weight excluding hydrogens is 292 g/mol. The Morgan fingerprint density at radius 2 is 2.19 bits per heavy atom. The molecule has 2 N–H and O–H groups in total. The van der Waals surface area contributed by atoms with Crippen LogP contribution < -0.4 is 20.1 Å². The molecule has 2 heterocycles. The Balaban J connectivity index is 0.00000161. The summed E-state index contributed by atoms with van der Waals surface area (Å²) in [4.78, 5) is 12.2. The predicted molar refractivity (Wildman–Crippen MR) is 82.7 cm³/mol. The van der Waals surface area contributed by atoms with Gasteiger partial charge in [-0.1, -0.05) is 6.07 Å². The van der Waals surface area contributed by atoms with E-state index in [1.807, 2.05) is 12.1 Å². The molecule has 1 atom stereocenters. The fourth-order valence-electron chi connectivity index (χ4n) is 2.71. The van der Waals surface area contributed by atoms with Gasteiger partial charge in [0.1, 0.15) is 13.2 Å². The average Bonchev–Trinajstić information content (AvgIpc) is 3.00. The number of benzene rings is 1. The van der Waals surface area contributed by atoms with E-state index < -0.39 is 0 Å². The zero-order chi connectivity index (χ0) is 13.8. The second-order valence-electron chi connectivity index (χ2n) is 5.17. The smallest absolute Gasteiger partial charge is 0.255 e. The summed E-state index contributed by atoms with van der Waals surface area (Å²) in [5.74, 6) is 1.13. The lowest BCUT2D eigenvalue weighted by atomic mass is 10.1. The first-order chi connectivity index (χ1) is 9.84. The van der Waals surface area contributed by atoms with E-state index in [4.69, 9.17) is 9.47 Å². The molecule has 0 saturated carbocycles. The molecule has 0 aliphatic carbocycles. The van der Waals surface area contributed by atoms with Gasteiger partial charge in [0.15, 0.2) is 11.5 Å². The maximum Gasteiger partial charge on any atom is 0.255 e. The normalized spacial score (nSPS) is 19.7. The average molecular weight is 313 g/mol. The van der Waals surface area contributed by atoms with Crippen LogP contribution in [0.25, 0.3) is 0 Å². The van der Waals surface area contributed by atoms with Crippen molar-refractivity contribution in [1.82, 2.24) is 10.6 Å². The predicted octanol–water partition coefficient (Wildman–Crippen LogP) is 1.75. The van der Waals surface area contributed by atoms with Crippen molar-refractivity contribution >= 4 is 18.3 Å². The summed E-state index contributed by atoms with van der Waals surface area (Å²) in [6.07, 6.45) is 3.40. The molecular formula is C15H21ClN2O3. The van der Waals surface area contributed by atoms with Gasteiger partial charge in [0.05, 0.1) is 5.56 Å². The number of ether oxygens (including phenoxy) is 2. The van der Waals surface area contributed by atoms with Gasteiger partial charge in [-0.25, -0.2) is 0 Å². The van der Waals surface area contributed by atoms with E-state index in [0.29, 0.717) is 42.9 Å². The van der Waals surface area contributed by atoms with E-state index in [9.17, 15) is 4.79 Å². The quantitative estimate of drug-likeness (QED) is 0.889. The highest BCUT2D eigenvalue weighted by Gasteiger charge is 2.20. The summed E-state index contributed by atoms with van der Waals surface area (Å²) in [6, 6.07) is 5.96. The summed E-state index contributed by atoms with van der Waals surface area (Å²) in [5.41, 5.74) is 0.557. The molecule has 1 fully saturated rings. The molecule has 6 heteroatoms. The highest BCUT2D eigenvalue weighted by Crippen LogP contribution is 2.33. The molecule has 116 valence electrons. The van der Waals surface area contributed by atoms with E-state index in [1.165, 1.54) is 12.8 Å². The van der Waals surface area contributed by atoms with E-state index in [1.54, 1.807) is 6.07 Å². The Bertz CT molecular complexity index is 490. The first kappa shape index (κ1) is 15.9. The lowest BCUT2D eigenvalue weighted by Gasteiger charge is -2.20. The molecule has 3 rings (SSSR count). The van der Waals surface area contributed by atoms with Crippen molar-refractivity contribution in [3.8, 4) is 11.5 Å². The second kappa shape index (κ2) is 7.52. The van der Waals surface area contributed by atoms with Gasteiger partial charge in [0.2, 0.25) is 0 Å². The third kappa shape index (κ3) is 3.80. The maximum absolute atomic E-state index is 12.2. The van der Waals surface area contributed by atoms with Crippen LogP contribution >= 0.6 is 12.4 Å². The Kier molecular flexibility index (Phi) is 5.70. The van der Waals surface area contributed by atoms with Crippen molar-refractivity contribution < 1.29 is 14.3 Å². The van der Waals surface area contributed by atoms with E-state index >= 15 is 0 Å². The zero-order valence-electron chi connectivity index (χ0n) is 11.9. The highest BCUT2D eigenvalue weighted by atomic mass is 35.5. The van der Waals surface area contributed by atoms with Crippen LogP contribution in [-0.2, 0) is 0 Å². The maximum atomic E-state index is 12.2. The summed E-state index contributed by atoms with van der Waals surface area (Å²) in [6.45, 7) is 2.80. The molecule has 0 bridgehead atoms. The van der Waals surface area contributed by atoms with Gasteiger partial charge in [-0.2, -0.15) is 0 Å². The fourth-order valence-corrected chi connectivity index (χ4v) is 2.71. The molecule has 21 heavy (non-hydrogen) atoms. The van der Waals surface area contributed by atoms with Crippen LogP contribution in [0.4, 0.5) is 0 Å². The number of hydrogen-bond donors (Lipinski definition) is 2. The SMILES string of the molecule is Cl.O=C(NCC[C@H]1CCCN1)c1cccc2c1OCCO2. The van der Waals surface area contributed by atoms with Crippen molar-refractivity contribution in [2.75, 3.05) is 26.3 Å². The van der Waals surface area contributed by atoms with E-state index in [2.05, 4.69) is 10.6 Å². The van der Waals surface area contributed by atoms with E-state index in [-0.39, 0.29) is 18.3 Å². The lowest BCUT2D eigenvalue weighted by Crippen LogP contribution is -2.31. The molecule has 0 aromatic heterocycles. The van der Waals surface area contributed by atoms with Gasteiger partial charge in [0.25, 0.3) is 5.91 Å². The van der Waals surface area contributed by atoms with Crippen LogP contribution in [0, 0.1) is 0 Å². The molecule has 2 aliphatic rings. The second-order valence-corrected chi connectivity index (χ2v) is 5.17. The Hall–Kier alpha value is -1.46. The third-order valence-corrected chi connectivity index (χ3v) is 3.75. The minimum absolute atomic E-state index is 0. The van der Waals surface area contributed by atoms with Crippen molar-refractivity contribution in [3.63, 3.8) is 0 Å². The summed E-state index contributed by atoms with van der Waals surface area (Å²) < 4.78 is 11.0. The summed E-state index contributed by atoms with van der Waals surface area (Å²) in [7, 11) is 0. The van der Waals surface area contributed by atoms with Crippen molar-refractivity contribution in [3.05, 3.63) is 23.8 Å². The van der Waals surface area contributed by atoms with Gasteiger partial charge in [-0.15, -0.1) is 12.4 Å². The first-order valence-electron chi connectivity index (χ1n) is 7.25. The molecule has 1 aromatic rings. The highest BCUT2D eigenvalue weighted by molar-refractivity contribution is 5.97. The van der Waals surface area contributed by atoms with Crippen molar-refractivity contribution in [2.24, 2.45) is 0 Å². The van der Waals surface area contributed by atoms with Crippen molar-refractivity contribution in [1.29, 1.82) is 0 Å². The molecule has 0 spiro atoms. The van der Waals surface area contributed by atoms with Gasteiger partial charge >= 0.3 is 0 Å². The standard InChI is InChI=1S/C15H20N2O3.ClH/c18-15(17-8-6-11-3-2-7-16-11)12-4-1-5-13-14(12)20-10-9-19-13;/h1,4-5,11,16H,2-3,6-10H2,(H,17,18);1H/t11-;/m1./s1. The molecule has 5 nitrogen and oxygen atoms in total. The molecule has 0 unspecified atom stereocenters. The molecule has 1 aromatic carbocycles. The van der Waals surface area contributed by atoms with Crippen molar-refractivity contribution in [2.45, 2.75) is 25.3 Å². The number of halogens is 1. The van der Waals surface area contributed by atoms with Crippen LogP contribution in [0.3, 0.4) is 0 Å². The number of nitrogens with one attached hydrogen (secondary N) is 2. The van der Waals surface area contributed by atoms with Crippen LogP contribution in [0.15, 0.2) is 18.2 Å². The lowest BCUT2D eigenvalue weighted by molar-refractivity contribution is 0.0941. The number of amides is 1. The zero-order valence-corrected chi connectivity index (χ0v) is 12.7. The van der Waals surface area contributed by atoms with Gasteiger partial charge in [-0.05, 0) is 37.9 Å². The number of rotatable bonds is 4. The van der Waals surface area contributed by atoms with Gasteiger partial charge in [-0.3, -0.25) is 4.79 Å². The number of carbonyl (C=O) groups excluding carboxylic acids is 1. The van der Waals surface area contributed by atoms with Crippen LogP contribution in [0.5, 0.6) is 11.5 Å². The fraction of sp³-hybridized carbons (Fsp3) is 0.533. The Morgan fingerprint density at radius 1 is 1.33 bits per heavy atom. The summed E-state index contributed by atoms with van der Waals surface area (Å²) in [5, 5.41) is 6.39. The molecule has 1 saturated heterocycles. The van der Waals surface area contributed by atoms with Crippen LogP contribution in [0.2, 0.25) is 0 Å². The van der Waals surface area contributed by atoms with E-state index in [0.717, 1.165) is 13.0 Å². The molecule has 1 amide bonds. The number of carbonyl (C=O) groups is 1. The number of hydrogen-bond acceptors (Lipinski definition) is 4. The topological polar surface area (TPSA) is 59.6 Å². The monoisotopic (exact) mass is 312 g/mol. The minimum Gasteiger partial charge on any atom is -0.486 e. The number of para-hydroxylation sites is 1. The van der Waals surface area contributed by atoms with Gasteiger partial charge in [0, 0.05) is 12.6 Å². The summed E-state index contributed by atoms with van der Waals surface area (Å²) >= 11 is 0.